The molecule has 0 nitrogen and oxygen atoms in total. The van der Waals surface area contributed by atoms with Gasteiger partial charge in [0.25, 0.3) is 0 Å². The van der Waals surface area contributed by atoms with Crippen molar-refractivity contribution < 1.29 is 0 Å². The van der Waals surface area contributed by atoms with E-state index in [1.807, 2.05) is 0 Å². The monoisotopic (exact) mass is 252 g/mol. The molecule has 3 rings (SSSR count). The average Bonchev–Trinajstić information content (AvgIpc) is 2.22. The van der Waals surface area contributed by atoms with Crippen LogP contribution >= 0.6 is 0 Å². The maximum absolute atomic E-state index is 1.50. The van der Waals surface area contributed by atoms with Gasteiger partial charge < -0.3 is 0 Å². The van der Waals surface area contributed by atoms with Crippen LogP contribution in [0.25, 0.3) is 0 Å². The summed E-state index contributed by atoms with van der Waals surface area (Å²) in [6, 6.07) is 0. The Labute approximate surface area is 116 Å². The third-order valence-corrected chi connectivity index (χ3v) is 4.50. The highest BCUT2D eigenvalue weighted by Gasteiger charge is 1.96. The van der Waals surface area contributed by atoms with Crippen LogP contribution in [0.3, 0.4) is 0 Å². The second kappa shape index (κ2) is 13.4. The molecule has 3 fully saturated rings. The fourth-order valence-electron chi connectivity index (χ4n) is 2.27. The van der Waals surface area contributed by atoms with Gasteiger partial charge in [-0.2, -0.15) is 0 Å². The standard InChI is InChI=1S/C10H20.2C4H8/c1-2-4-6-8-10-9-7-5-3-1;2*1-2-4-3-1/h1-10H2;2*1-4H2. The molecular formula is C18H36. The minimum absolute atomic E-state index is 1.50. The van der Waals surface area contributed by atoms with Crippen molar-refractivity contribution in [2.24, 2.45) is 0 Å². The van der Waals surface area contributed by atoms with Crippen LogP contribution in [0.15, 0.2) is 0 Å². The second-order valence-corrected chi connectivity index (χ2v) is 6.36. The normalized spacial score (nSPS) is 24.0. The molecule has 108 valence electrons. The Morgan fingerprint density at radius 1 is 0.111 bits per heavy atom. The van der Waals surface area contributed by atoms with Crippen LogP contribution in [0, 0.1) is 0 Å². The first-order chi connectivity index (χ1) is 9.00. The predicted octanol–water partition coefficient (Wildman–Crippen LogP) is 7.02. The van der Waals surface area contributed by atoms with Crippen molar-refractivity contribution in [1.82, 2.24) is 0 Å². The van der Waals surface area contributed by atoms with E-state index in [9.17, 15) is 0 Å². The summed E-state index contributed by atoms with van der Waals surface area (Å²) in [7, 11) is 0. The summed E-state index contributed by atoms with van der Waals surface area (Å²) in [5, 5.41) is 0. The average molecular weight is 252 g/mol. The number of hydrogen-bond acceptors (Lipinski definition) is 0. The maximum atomic E-state index is 1.50. The predicted molar refractivity (Wildman–Crippen MR) is 83.1 cm³/mol. The Morgan fingerprint density at radius 2 is 0.167 bits per heavy atom. The molecule has 0 amide bonds. The van der Waals surface area contributed by atoms with Crippen molar-refractivity contribution in [3.63, 3.8) is 0 Å². The molecule has 0 heterocycles. The lowest BCUT2D eigenvalue weighted by Crippen LogP contribution is -1.85. The van der Waals surface area contributed by atoms with Crippen molar-refractivity contribution in [3.8, 4) is 0 Å². The summed E-state index contributed by atoms with van der Waals surface area (Å²) in [5.74, 6) is 0. The van der Waals surface area contributed by atoms with E-state index in [0.717, 1.165) is 0 Å². The molecule has 3 aliphatic rings. The van der Waals surface area contributed by atoms with Crippen LogP contribution < -0.4 is 0 Å². The molecule has 0 saturated heterocycles. The molecule has 0 aromatic rings. The smallest absolute Gasteiger partial charge is 0.0533 e. The Balaban J connectivity index is 0.000000164. The third-order valence-electron chi connectivity index (χ3n) is 4.50. The summed E-state index contributed by atoms with van der Waals surface area (Å²) in [4.78, 5) is 0. The van der Waals surface area contributed by atoms with Crippen molar-refractivity contribution in [3.05, 3.63) is 0 Å². The second-order valence-electron chi connectivity index (χ2n) is 6.36. The van der Waals surface area contributed by atoms with E-state index in [-0.39, 0.29) is 0 Å². The highest BCUT2D eigenvalue weighted by molar-refractivity contribution is 4.52. The molecule has 0 atom stereocenters. The molecule has 0 unspecified atom stereocenters. The minimum Gasteiger partial charge on any atom is -0.0533 e. The van der Waals surface area contributed by atoms with Gasteiger partial charge in [0.2, 0.25) is 0 Å². The lowest BCUT2D eigenvalue weighted by Gasteiger charge is -2.05. The Kier molecular flexibility index (Phi) is 12.0. The third kappa shape index (κ3) is 11.1. The van der Waals surface area contributed by atoms with E-state index >= 15 is 0 Å². The van der Waals surface area contributed by atoms with Crippen LogP contribution in [0.1, 0.15) is 116 Å². The summed E-state index contributed by atoms with van der Waals surface area (Å²) in [6.07, 6.45) is 27.0. The van der Waals surface area contributed by atoms with E-state index in [4.69, 9.17) is 0 Å². The summed E-state index contributed by atoms with van der Waals surface area (Å²) in [6.45, 7) is 0. The topological polar surface area (TPSA) is 0 Å². The van der Waals surface area contributed by atoms with Gasteiger partial charge in [0.05, 0.1) is 0 Å². The number of rotatable bonds is 0. The SMILES string of the molecule is C1CCC1.C1CCC1.C1CCCCCCCCC1. The van der Waals surface area contributed by atoms with Gasteiger partial charge in [-0.25, -0.2) is 0 Å². The van der Waals surface area contributed by atoms with Crippen molar-refractivity contribution >= 4 is 0 Å². The molecule has 0 aromatic carbocycles. The van der Waals surface area contributed by atoms with Gasteiger partial charge >= 0.3 is 0 Å². The first kappa shape index (κ1) is 16.1. The highest BCUT2D eigenvalue weighted by Crippen LogP contribution is 2.16. The Bertz CT molecular complexity index is 92.9. The molecule has 0 heteroatoms. The first-order valence-corrected chi connectivity index (χ1v) is 9.00. The quantitative estimate of drug-likeness (QED) is 0.434. The van der Waals surface area contributed by atoms with Crippen molar-refractivity contribution in [2.45, 2.75) is 116 Å². The molecule has 0 radical (unpaired) electrons. The lowest BCUT2D eigenvalue weighted by molar-refractivity contribution is 0.504. The van der Waals surface area contributed by atoms with E-state index in [1.54, 1.807) is 0 Å². The van der Waals surface area contributed by atoms with Gasteiger partial charge in [-0.15, -0.1) is 0 Å². The highest BCUT2D eigenvalue weighted by atomic mass is 14.0. The van der Waals surface area contributed by atoms with Gasteiger partial charge in [-0.05, 0) is 0 Å². The number of hydrogen-bond donors (Lipinski definition) is 0. The summed E-state index contributed by atoms with van der Waals surface area (Å²) < 4.78 is 0. The lowest BCUT2D eigenvalue weighted by atomic mass is 10.0. The zero-order valence-electron chi connectivity index (χ0n) is 12.7. The van der Waals surface area contributed by atoms with Crippen LogP contribution in [0.2, 0.25) is 0 Å². The van der Waals surface area contributed by atoms with Gasteiger partial charge in [-0.3, -0.25) is 0 Å². The van der Waals surface area contributed by atoms with E-state index < -0.39 is 0 Å². The maximum Gasteiger partial charge on any atom is -0.0533 e. The van der Waals surface area contributed by atoms with Gasteiger partial charge in [0.15, 0.2) is 0 Å². The molecular weight excluding hydrogens is 216 g/mol. The fraction of sp³-hybridized carbons (Fsp3) is 1.00. The minimum atomic E-state index is 1.50. The van der Waals surface area contributed by atoms with Crippen LogP contribution in [-0.4, -0.2) is 0 Å². The zero-order valence-corrected chi connectivity index (χ0v) is 12.7. The summed E-state index contributed by atoms with van der Waals surface area (Å²) in [5.41, 5.74) is 0. The fourth-order valence-corrected chi connectivity index (χ4v) is 2.27. The van der Waals surface area contributed by atoms with Crippen molar-refractivity contribution in [1.29, 1.82) is 0 Å². The molecule has 3 aliphatic carbocycles. The van der Waals surface area contributed by atoms with Crippen molar-refractivity contribution in [2.75, 3.05) is 0 Å². The Morgan fingerprint density at radius 3 is 0.222 bits per heavy atom. The summed E-state index contributed by atoms with van der Waals surface area (Å²) >= 11 is 0. The van der Waals surface area contributed by atoms with Crippen LogP contribution in [-0.2, 0) is 0 Å². The van der Waals surface area contributed by atoms with Gasteiger partial charge in [0.1, 0.15) is 0 Å². The molecule has 0 aliphatic heterocycles. The van der Waals surface area contributed by atoms with Crippen LogP contribution in [0.4, 0.5) is 0 Å². The largest absolute Gasteiger partial charge is 0.0533 e. The zero-order chi connectivity index (χ0) is 12.7. The van der Waals surface area contributed by atoms with E-state index in [1.165, 1.54) is 116 Å². The van der Waals surface area contributed by atoms with Gasteiger partial charge in [0, 0.05) is 0 Å². The van der Waals surface area contributed by atoms with E-state index in [0.29, 0.717) is 0 Å². The molecule has 3 saturated carbocycles. The van der Waals surface area contributed by atoms with Gasteiger partial charge in [-0.1, -0.05) is 116 Å². The van der Waals surface area contributed by atoms with Crippen LogP contribution in [0.5, 0.6) is 0 Å². The molecule has 18 heavy (non-hydrogen) atoms. The van der Waals surface area contributed by atoms with E-state index in [2.05, 4.69) is 0 Å². The molecule has 0 bridgehead atoms. The molecule has 0 spiro atoms. The first-order valence-electron chi connectivity index (χ1n) is 9.00. The molecule has 0 aromatic heterocycles. The Hall–Kier alpha value is 0. The molecule has 0 N–H and O–H groups in total.